The minimum atomic E-state index is -2.58. The molecule has 1 atom stereocenters. The molecule has 0 aromatic heterocycles. The highest BCUT2D eigenvalue weighted by molar-refractivity contribution is 5.41. The Bertz CT molecular complexity index is 375. The van der Waals surface area contributed by atoms with Crippen molar-refractivity contribution in [1.82, 2.24) is 0 Å². The van der Waals surface area contributed by atoms with Gasteiger partial charge in [-0.15, -0.1) is 0 Å². The molecule has 2 nitrogen and oxygen atoms in total. The van der Waals surface area contributed by atoms with Crippen molar-refractivity contribution in [3.8, 4) is 5.75 Å². The molecule has 0 aliphatic heterocycles. The minimum absolute atomic E-state index is 0.0933. The Morgan fingerprint density at radius 3 is 2.25 bits per heavy atom. The van der Waals surface area contributed by atoms with Crippen molar-refractivity contribution in [2.24, 2.45) is 11.7 Å². The summed E-state index contributed by atoms with van der Waals surface area (Å²) in [5.74, 6) is -0.0766. The van der Waals surface area contributed by atoms with Crippen LogP contribution in [0.25, 0.3) is 0 Å². The van der Waals surface area contributed by atoms with Gasteiger partial charge in [0.2, 0.25) is 0 Å². The largest absolute Gasteiger partial charge is 0.508 e. The van der Waals surface area contributed by atoms with E-state index in [0.717, 1.165) is 6.07 Å². The van der Waals surface area contributed by atoms with Crippen LogP contribution >= 0.6 is 0 Å². The highest BCUT2D eigenvalue weighted by Gasteiger charge is 2.28. The molecule has 1 aromatic rings. The van der Waals surface area contributed by atoms with E-state index < -0.39 is 12.0 Å². The van der Waals surface area contributed by atoms with Crippen molar-refractivity contribution >= 4 is 0 Å². The Morgan fingerprint density at radius 1 is 1.31 bits per heavy atom. The number of rotatable bonds is 3. The Hall–Kier alpha value is -1.16. The number of phenolic OH excluding ortho intramolecular Hbond substituents is 1. The van der Waals surface area contributed by atoms with Gasteiger partial charge in [-0.2, -0.15) is 0 Å². The molecule has 1 rings (SSSR count). The smallest absolute Gasteiger partial charge is 0.263 e. The van der Waals surface area contributed by atoms with Crippen molar-refractivity contribution in [1.29, 1.82) is 0 Å². The van der Waals surface area contributed by atoms with Gasteiger partial charge in [-0.1, -0.05) is 26.0 Å². The number of benzene rings is 1. The molecule has 0 aliphatic rings. The van der Waals surface area contributed by atoms with Gasteiger partial charge in [0.05, 0.1) is 0 Å². The predicted octanol–water partition coefficient (Wildman–Crippen LogP) is 3.16. The number of halogens is 2. The third-order valence-corrected chi connectivity index (χ3v) is 3.05. The van der Waals surface area contributed by atoms with Gasteiger partial charge < -0.3 is 10.8 Å². The Labute approximate surface area is 94.1 Å². The van der Waals surface area contributed by atoms with Crippen molar-refractivity contribution in [3.63, 3.8) is 0 Å². The lowest BCUT2D eigenvalue weighted by Crippen LogP contribution is -2.38. The maximum atomic E-state index is 12.4. The van der Waals surface area contributed by atoms with E-state index >= 15 is 0 Å². The number of nitrogens with two attached hydrogens (primary N) is 1. The molecule has 0 aliphatic carbocycles. The van der Waals surface area contributed by atoms with Gasteiger partial charge in [-0.25, -0.2) is 8.78 Å². The molecular weight excluding hydrogens is 212 g/mol. The zero-order valence-corrected chi connectivity index (χ0v) is 9.67. The highest BCUT2D eigenvalue weighted by Crippen LogP contribution is 2.35. The van der Waals surface area contributed by atoms with Gasteiger partial charge in [0.1, 0.15) is 5.75 Å². The summed E-state index contributed by atoms with van der Waals surface area (Å²) in [6, 6.07) is 3.84. The van der Waals surface area contributed by atoms with E-state index in [0.29, 0.717) is 5.56 Å². The first-order chi connectivity index (χ1) is 7.26. The SMILES string of the molecule is CC(C)C(C)(N)c1ccc(C(F)F)cc1O. The van der Waals surface area contributed by atoms with Crippen LogP contribution in [0.4, 0.5) is 8.78 Å². The second-order valence-corrected chi connectivity index (χ2v) is 4.51. The quantitative estimate of drug-likeness (QED) is 0.836. The van der Waals surface area contributed by atoms with E-state index in [1.807, 2.05) is 13.8 Å². The summed E-state index contributed by atoms with van der Waals surface area (Å²) in [7, 11) is 0. The molecule has 0 saturated carbocycles. The summed E-state index contributed by atoms with van der Waals surface area (Å²) in [6.07, 6.45) is -2.58. The summed E-state index contributed by atoms with van der Waals surface area (Å²) in [4.78, 5) is 0. The second-order valence-electron chi connectivity index (χ2n) is 4.51. The molecule has 4 heteroatoms. The van der Waals surface area contributed by atoms with Gasteiger partial charge >= 0.3 is 0 Å². The minimum Gasteiger partial charge on any atom is -0.508 e. The Morgan fingerprint density at radius 2 is 1.88 bits per heavy atom. The van der Waals surface area contributed by atoms with Gasteiger partial charge in [0.15, 0.2) is 0 Å². The normalized spacial score (nSPS) is 15.5. The van der Waals surface area contributed by atoms with Crippen LogP contribution in [0.15, 0.2) is 18.2 Å². The molecule has 0 spiro atoms. The lowest BCUT2D eigenvalue weighted by atomic mass is 9.82. The fourth-order valence-electron chi connectivity index (χ4n) is 1.45. The first-order valence-corrected chi connectivity index (χ1v) is 5.17. The number of alkyl halides is 2. The van der Waals surface area contributed by atoms with Crippen LogP contribution in [0.5, 0.6) is 5.75 Å². The summed E-state index contributed by atoms with van der Waals surface area (Å²) < 4.78 is 24.8. The molecule has 90 valence electrons. The monoisotopic (exact) mass is 229 g/mol. The highest BCUT2D eigenvalue weighted by atomic mass is 19.3. The van der Waals surface area contributed by atoms with Crippen molar-refractivity contribution in [2.75, 3.05) is 0 Å². The molecule has 0 bridgehead atoms. The molecule has 16 heavy (non-hydrogen) atoms. The van der Waals surface area contributed by atoms with Crippen LogP contribution in [0.1, 0.15) is 38.3 Å². The molecule has 0 radical (unpaired) electrons. The fourth-order valence-corrected chi connectivity index (χ4v) is 1.45. The van der Waals surface area contributed by atoms with Gasteiger partial charge in [-0.3, -0.25) is 0 Å². The van der Waals surface area contributed by atoms with E-state index in [2.05, 4.69) is 0 Å². The van der Waals surface area contributed by atoms with Crippen LogP contribution < -0.4 is 5.73 Å². The van der Waals surface area contributed by atoms with Gasteiger partial charge in [0, 0.05) is 16.7 Å². The molecule has 0 fully saturated rings. The summed E-state index contributed by atoms with van der Waals surface area (Å²) in [6.45, 7) is 5.61. The molecule has 0 amide bonds. The lowest BCUT2D eigenvalue weighted by molar-refractivity contribution is 0.151. The van der Waals surface area contributed by atoms with Crippen molar-refractivity contribution < 1.29 is 13.9 Å². The third kappa shape index (κ3) is 2.32. The fraction of sp³-hybridized carbons (Fsp3) is 0.500. The topological polar surface area (TPSA) is 46.2 Å². The van der Waals surface area contributed by atoms with Crippen LogP contribution in [-0.2, 0) is 5.54 Å². The van der Waals surface area contributed by atoms with E-state index in [9.17, 15) is 13.9 Å². The lowest BCUT2D eigenvalue weighted by Gasteiger charge is -2.30. The molecule has 0 heterocycles. The van der Waals surface area contributed by atoms with Crippen LogP contribution in [0, 0.1) is 5.92 Å². The van der Waals surface area contributed by atoms with Gasteiger partial charge in [0.25, 0.3) is 6.43 Å². The first kappa shape index (κ1) is 12.9. The molecule has 1 unspecified atom stereocenters. The van der Waals surface area contributed by atoms with Crippen LogP contribution in [-0.4, -0.2) is 5.11 Å². The molecular formula is C12H17F2NO. The zero-order valence-electron chi connectivity index (χ0n) is 9.67. The summed E-state index contributed by atoms with van der Waals surface area (Å²) in [5, 5.41) is 9.71. The molecule has 1 aromatic carbocycles. The third-order valence-electron chi connectivity index (χ3n) is 3.05. The zero-order chi connectivity index (χ0) is 12.5. The van der Waals surface area contributed by atoms with Crippen molar-refractivity contribution in [2.45, 2.75) is 32.7 Å². The number of aromatic hydroxyl groups is 1. The van der Waals surface area contributed by atoms with Gasteiger partial charge in [-0.05, 0) is 18.9 Å². The number of phenols is 1. The maximum Gasteiger partial charge on any atom is 0.263 e. The predicted molar refractivity (Wildman–Crippen MR) is 59.4 cm³/mol. The average Bonchev–Trinajstić information content (AvgIpc) is 2.16. The number of hydrogen-bond donors (Lipinski definition) is 2. The first-order valence-electron chi connectivity index (χ1n) is 5.17. The van der Waals surface area contributed by atoms with Crippen LogP contribution in [0.2, 0.25) is 0 Å². The van der Waals surface area contributed by atoms with E-state index in [-0.39, 0.29) is 17.2 Å². The Kier molecular flexibility index (Phi) is 3.53. The van der Waals surface area contributed by atoms with E-state index in [4.69, 9.17) is 5.73 Å². The Balaban J connectivity index is 3.18. The molecule has 0 saturated heterocycles. The second kappa shape index (κ2) is 4.37. The average molecular weight is 229 g/mol. The van der Waals surface area contributed by atoms with E-state index in [1.54, 1.807) is 6.92 Å². The summed E-state index contributed by atoms with van der Waals surface area (Å²) >= 11 is 0. The van der Waals surface area contributed by atoms with Crippen LogP contribution in [0.3, 0.4) is 0 Å². The number of hydrogen-bond acceptors (Lipinski definition) is 2. The summed E-state index contributed by atoms with van der Waals surface area (Å²) in [5.41, 5.74) is 5.63. The standard InChI is InChI=1S/C12H17F2NO/c1-7(2)12(3,15)9-5-4-8(11(13)14)6-10(9)16/h4-7,11,16H,15H2,1-3H3. The van der Waals surface area contributed by atoms with Crippen molar-refractivity contribution in [3.05, 3.63) is 29.3 Å². The molecule has 3 N–H and O–H groups in total. The van der Waals surface area contributed by atoms with E-state index in [1.165, 1.54) is 12.1 Å². The maximum absolute atomic E-state index is 12.4.